The van der Waals surface area contributed by atoms with Gasteiger partial charge in [0.25, 0.3) is 0 Å². The van der Waals surface area contributed by atoms with Crippen LogP contribution in [0.25, 0.3) is 6.08 Å². The zero-order valence-corrected chi connectivity index (χ0v) is 12.8. The number of pyridine rings is 1. The van der Waals surface area contributed by atoms with Gasteiger partial charge in [-0.25, -0.2) is 4.98 Å². The molecule has 0 aromatic carbocycles. The predicted molar refractivity (Wildman–Crippen MR) is 60.5 cm³/mol. The second-order valence-corrected chi connectivity index (χ2v) is 3.43. The van der Waals surface area contributed by atoms with E-state index in [0.29, 0.717) is 0 Å². The molecule has 61 valence electrons. The van der Waals surface area contributed by atoms with E-state index in [1.54, 1.807) is 6.20 Å². The number of nitrogens with zero attached hydrogens (tertiary/aromatic N) is 1. The Labute approximate surface area is 108 Å². The van der Waals surface area contributed by atoms with Gasteiger partial charge in [0, 0.05) is 37.4 Å². The molecule has 0 aliphatic heterocycles. The van der Waals surface area contributed by atoms with E-state index in [4.69, 9.17) is 0 Å². The molecule has 1 nitrogen and oxygen atoms in total. The summed E-state index contributed by atoms with van der Waals surface area (Å²) >= 11 is 6.61. The van der Waals surface area contributed by atoms with Crippen molar-refractivity contribution in [2.45, 2.75) is 0 Å². The Morgan fingerprint density at radius 3 is 2.83 bits per heavy atom. The fourth-order valence-corrected chi connectivity index (χ4v) is 1.27. The summed E-state index contributed by atoms with van der Waals surface area (Å²) in [4.78, 5) is 4.02. The normalized spacial score (nSPS) is 9.83. The van der Waals surface area contributed by atoms with E-state index in [9.17, 15) is 0 Å². The summed E-state index contributed by atoms with van der Waals surface area (Å²) in [6.07, 6.45) is 5.86. The van der Waals surface area contributed by atoms with Crippen LogP contribution in [-0.4, -0.2) is 36.2 Å². The number of allylic oxidation sites excluding steroid dienone is 1. The average Bonchev–Trinajstić information content (AvgIpc) is 2.01. The van der Waals surface area contributed by atoms with Gasteiger partial charge in [-0.05, 0) is 33.6 Å². The summed E-state index contributed by atoms with van der Waals surface area (Å²) in [7, 11) is 0. The summed E-state index contributed by atoms with van der Waals surface area (Å²) in [5.74, 6) is 0. The van der Waals surface area contributed by atoms with E-state index < -0.39 is 0 Å². The summed E-state index contributed by atoms with van der Waals surface area (Å²) in [5.41, 5.74) is 1.16. The van der Waals surface area contributed by atoms with Crippen LogP contribution >= 0.6 is 31.9 Å². The van der Waals surface area contributed by atoms with Crippen molar-refractivity contribution in [2.75, 3.05) is 5.33 Å². The molecule has 0 atom stereocenters. The third-order valence-corrected chi connectivity index (χ3v) is 1.96. The molecule has 0 aliphatic rings. The molecule has 1 aromatic rings. The minimum absolute atomic E-state index is 0. The Bertz CT molecular complexity index is 263. The Kier molecular flexibility index (Phi) is 7.58. The van der Waals surface area contributed by atoms with Gasteiger partial charge in [0.1, 0.15) is 4.60 Å². The molecule has 1 aromatic heterocycles. The molecule has 1 heterocycles. The maximum Gasteiger partial charge on any atom is 0.106 e. The molecular weight excluding hydrogens is 385 g/mol. The van der Waals surface area contributed by atoms with Crippen molar-refractivity contribution in [1.29, 1.82) is 0 Å². The van der Waals surface area contributed by atoms with Crippen molar-refractivity contribution in [2.24, 2.45) is 0 Å². The van der Waals surface area contributed by atoms with Crippen molar-refractivity contribution in [3.05, 3.63) is 34.6 Å². The first-order chi connectivity index (χ1) is 5.33. The first kappa shape index (κ1) is 12.7. The van der Waals surface area contributed by atoms with Crippen LogP contribution in [0.2, 0.25) is 0 Å². The molecule has 4 heteroatoms. The zero-order chi connectivity index (χ0) is 8.10. The Morgan fingerprint density at radius 1 is 1.50 bits per heavy atom. The van der Waals surface area contributed by atoms with Crippen LogP contribution in [0.4, 0.5) is 0 Å². The molecule has 0 amide bonds. The molecule has 0 saturated heterocycles. The van der Waals surface area contributed by atoms with Gasteiger partial charge < -0.3 is 0 Å². The van der Waals surface area contributed by atoms with E-state index in [2.05, 4.69) is 36.8 Å². The Balaban J connectivity index is 0.00000121. The zero-order valence-electron chi connectivity index (χ0n) is 6.37. The largest absolute Gasteiger partial charge is 0.249 e. The van der Waals surface area contributed by atoms with Crippen LogP contribution in [0.1, 0.15) is 5.56 Å². The van der Waals surface area contributed by atoms with Crippen LogP contribution in [0, 0.1) is 0 Å². The molecule has 0 fully saturated rings. The maximum absolute atomic E-state index is 4.02. The number of hydrogen-bond acceptors (Lipinski definition) is 1. The molecule has 1 rings (SSSR count). The minimum Gasteiger partial charge on any atom is -0.249 e. The second-order valence-electron chi connectivity index (χ2n) is 1.97. The third kappa shape index (κ3) is 4.67. The van der Waals surface area contributed by atoms with Crippen LogP contribution in [-0.2, 0) is 0 Å². The Hall–Kier alpha value is 0.720. The van der Waals surface area contributed by atoms with E-state index in [1.165, 1.54) is 0 Å². The molecule has 12 heavy (non-hydrogen) atoms. The first-order valence-corrected chi connectivity index (χ1v) is 5.08. The predicted octanol–water partition coefficient (Wildman–Crippen LogP) is 2.87. The van der Waals surface area contributed by atoms with Gasteiger partial charge in [0.2, 0.25) is 0 Å². The minimum atomic E-state index is 0. The number of hydrogen-bond donors (Lipinski definition) is 0. The topological polar surface area (TPSA) is 12.9 Å². The van der Waals surface area contributed by atoms with Gasteiger partial charge in [-0.15, -0.1) is 0 Å². The Morgan fingerprint density at radius 2 is 2.25 bits per heavy atom. The molecule has 0 aliphatic carbocycles. The molecule has 0 bridgehead atoms. The molecule has 0 spiro atoms. The van der Waals surface area contributed by atoms with Crippen molar-refractivity contribution < 1.29 is 0 Å². The van der Waals surface area contributed by atoms with Crippen LogP contribution in [0.3, 0.4) is 0 Å². The van der Waals surface area contributed by atoms with E-state index in [0.717, 1.165) is 15.5 Å². The van der Waals surface area contributed by atoms with Crippen molar-refractivity contribution >= 4 is 63.8 Å². The van der Waals surface area contributed by atoms with Gasteiger partial charge >= 0.3 is 0 Å². The molecule has 0 N–H and O–H groups in total. The SMILES string of the molecule is BrCC=Cc1ccnc(Br)c1.[In]. The van der Waals surface area contributed by atoms with E-state index in [-0.39, 0.29) is 25.8 Å². The summed E-state index contributed by atoms with van der Waals surface area (Å²) in [5, 5.41) is 0.882. The maximum atomic E-state index is 4.02. The van der Waals surface area contributed by atoms with Crippen LogP contribution in [0.15, 0.2) is 29.0 Å². The molecule has 3 radical (unpaired) electrons. The third-order valence-electron chi connectivity index (χ3n) is 1.15. The number of alkyl halides is 1. The van der Waals surface area contributed by atoms with E-state index in [1.807, 2.05) is 24.3 Å². The van der Waals surface area contributed by atoms with E-state index >= 15 is 0 Å². The second kappa shape index (κ2) is 7.16. The standard InChI is InChI=1S/C8H7Br2N.In/c9-4-1-2-7-3-5-11-8(10)6-7;/h1-3,5-6H,4H2;. The fraction of sp³-hybridized carbons (Fsp3) is 0.125. The van der Waals surface area contributed by atoms with Crippen LogP contribution in [0.5, 0.6) is 0 Å². The van der Waals surface area contributed by atoms with Crippen molar-refractivity contribution in [3.8, 4) is 0 Å². The van der Waals surface area contributed by atoms with Gasteiger partial charge in [-0.3, -0.25) is 0 Å². The molecule has 0 unspecified atom stereocenters. The van der Waals surface area contributed by atoms with Crippen molar-refractivity contribution in [3.63, 3.8) is 0 Å². The monoisotopic (exact) mass is 390 g/mol. The first-order valence-electron chi connectivity index (χ1n) is 3.17. The van der Waals surface area contributed by atoms with Crippen LogP contribution < -0.4 is 0 Å². The smallest absolute Gasteiger partial charge is 0.106 e. The van der Waals surface area contributed by atoms with Gasteiger partial charge in [-0.2, -0.15) is 0 Å². The molecular formula is C8H7Br2InN. The quantitative estimate of drug-likeness (QED) is 0.558. The summed E-state index contributed by atoms with van der Waals surface area (Å²) in [6, 6.07) is 3.93. The van der Waals surface area contributed by atoms with Gasteiger partial charge in [-0.1, -0.05) is 28.1 Å². The average molecular weight is 392 g/mol. The molecule has 0 saturated carbocycles. The summed E-state index contributed by atoms with van der Waals surface area (Å²) < 4.78 is 0.870. The fourth-order valence-electron chi connectivity index (χ4n) is 0.702. The van der Waals surface area contributed by atoms with Gasteiger partial charge in [0.05, 0.1) is 0 Å². The van der Waals surface area contributed by atoms with Crippen molar-refractivity contribution in [1.82, 2.24) is 4.98 Å². The number of halogens is 2. The van der Waals surface area contributed by atoms with Gasteiger partial charge in [0.15, 0.2) is 0 Å². The number of aromatic nitrogens is 1. The number of rotatable bonds is 2. The summed E-state index contributed by atoms with van der Waals surface area (Å²) in [6.45, 7) is 0.